The first kappa shape index (κ1) is 122. The number of nitrogens with zero attached hydrogens (tertiary/aromatic N) is 8. The van der Waals surface area contributed by atoms with Gasteiger partial charge in [-0.2, -0.15) is 11.6 Å². The number of pyridine rings is 8. The van der Waals surface area contributed by atoms with Crippen LogP contribution in [0.25, 0.3) is 143 Å². The molecular weight excluding hydrogens is 2920 g/mol. The van der Waals surface area contributed by atoms with Crippen molar-refractivity contribution in [2.24, 2.45) is 0 Å². The number of Topliss-reactive ketones (excluding diaryl/α,β-unsaturated/α-hetero) is 2. The van der Waals surface area contributed by atoms with Crippen LogP contribution in [0.3, 0.4) is 0 Å². The van der Waals surface area contributed by atoms with E-state index < -0.39 is 5.92 Å². The maximum absolute atomic E-state index is 14.6. The summed E-state index contributed by atoms with van der Waals surface area (Å²) in [6, 6.07) is 132. The molecule has 0 saturated heterocycles. The minimum atomic E-state index is -3.00. The molecule has 0 atom stereocenters. The second-order valence-electron chi connectivity index (χ2n) is 31.7. The van der Waals surface area contributed by atoms with Crippen molar-refractivity contribution in [1.82, 2.24) is 39.9 Å². The molecule has 0 unspecified atom stereocenters. The molecule has 22 rings (SSSR count). The van der Waals surface area contributed by atoms with Gasteiger partial charge in [-0.3, -0.25) is 29.0 Å². The predicted molar refractivity (Wildman–Crippen MR) is 561 cm³/mol. The van der Waals surface area contributed by atoms with Crippen molar-refractivity contribution in [2.75, 3.05) is 0 Å². The van der Waals surface area contributed by atoms with Crippen LogP contribution in [0.2, 0.25) is 0 Å². The maximum atomic E-state index is 14.6. The molecule has 25 heteroatoms. The largest absolute Gasteiger partial charge is 0.515 e. The number of hydrogen-bond donors (Lipinski definition) is 4. The van der Waals surface area contributed by atoms with Gasteiger partial charge >= 0.3 is 0 Å². The zero-order valence-corrected chi connectivity index (χ0v) is 95.0. The maximum Gasteiger partial charge on any atom is 0.266 e. The number of alkyl halides is 2. The molecule has 0 saturated carbocycles. The minimum absolute atomic E-state index is 0. The van der Waals surface area contributed by atoms with Crippen molar-refractivity contribution in [3.63, 3.8) is 0 Å². The summed E-state index contributed by atoms with van der Waals surface area (Å²) < 4.78 is 29.2. The monoisotopic (exact) mass is 3030 g/mol. The number of aliphatic hydroxyl groups is 4. The Morgan fingerprint density at radius 2 is 0.709 bits per heavy atom. The summed E-state index contributed by atoms with van der Waals surface area (Å²) in [6.45, 7) is 8.36. The molecule has 2 aliphatic carbocycles. The fourth-order valence-electron chi connectivity index (χ4n) is 14.9. The molecule has 12 aromatic carbocycles. The Hall–Kier alpha value is -14.3. The van der Waals surface area contributed by atoms with E-state index in [1.807, 2.05) is 268 Å². The molecule has 17 nitrogen and oxygen atoms in total. The number of rotatable bonds is 10. The molecule has 0 aliphatic heterocycles. The van der Waals surface area contributed by atoms with Gasteiger partial charge in [0.05, 0.1) is 23.4 Å². The summed E-state index contributed by atoms with van der Waals surface area (Å²) in [4.78, 5) is 86.3. The van der Waals surface area contributed by atoms with Crippen LogP contribution >= 0.6 is 0 Å². The van der Waals surface area contributed by atoms with Gasteiger partial charge in [0.25, 0.3) is 5.92 Å². The molecule has 148 heavy (non-hydrogen) atoms. The van der Waals surface area contributed by atoms with E-state index in [0.717, 1.165) is 90.7 Å². The van der Waals surface area contributed by atoms with Crippen molar-refractivity contribution in [3.8, 4) is 78.8 Å². The van der Waals surface area contributed by atoms with Gasteiger partial charge < -0.3 is 55.3 Å². The van der Waals surface area contributed by atoms with E-state index in [1.165, 1.54) is 114 Å². The molecule has 4 N–H and O–H groups in total. The van der Waals surface area contributed by atoms with Crippen LogP contribution in [0, 0.1) is 42.5 Å². The Morgan fingerprint density at radius 3 is 1.07 bits per heavy atom. The average molecular weight is 3020 g/mol. The van der Waals surface area contributed by atoms with Crippen molar-refractivity contribution in [3.05, 3.63) is 496 Å². The standard InChI is InChI=1S/C16H8F2N.4C15H10N.C14H9N2.C11H8N.C8H10O3.2C5H8O2.C4H6O2.6Ir/c17-16(18)12-6-2-1-5-11(12)15-14-10(8-9-19-15)4-3-7-13(14)16;3*1-2-7-13(8-3-1)15-14-9-5-4-6-12(14)10-11-16-15;1-2-6-12(7-3-1)15-10-13-8-4-5-9-14(13)11-16-15;1-2-4-13-11(3-1)7-10-16-14(13)12-5-8-15-9-6-12;1-2-6-10(7-3-1)11-8-4-5-9-12-11;1-5(9)8-6(10)3-2-4-7(8)11;2*1-4(6)3-5(2)7;1-4(6)2-3-5;;;;;;/h1-4,6-9H;3*1-7,9-11H;1-6,8-11H;1-5,7-10H;1-6,8-9H;10H,2-4H2,1H3;2*3,6H,1-2H3;2-3,5H,1H3;;;;;;/q7*-1;;;;;;;;;;. The van der Waals surface area contributed by atoms with Gasteiger partial charge in [-0.15, -0.1) is 215 Å². The first-order chi connectivity index (χ1) is 69.0. The zero-order valence-electron chi connectivity index (χ0n) is 80.6. The van der Waals surface area contributed by atoms with Gasteiger partial charge in [0.1, 0.15) is 5.76 Å². The number of benzene rings is 12. The summed E-state index contributed by atoms with van der Waals surface area (Å²) >= 11 is 0. The fourth-order valence-corrected chi connectivity index (χ4v) is 14.9. The number of fused-ring (bicyclic) bond motifs is 7. The Kier molecular flexibility index (Phi) is 52.9. The van der Waals surface area contributed by atoms with Crippen LogP contribution < -0.4 is 0 Å². The molecule has 0 fully saturated rings. The summed E-state index contributed by atoms with van der Waals surface area (Å²) in [5.74, 6) is -3.84. The third-order valence-electron chi connectivity index (χ3n) is 21.2. The topological polar surface area (TPSA) is 269 Å². The van der Waals surface area contributed by atoms with Crippen LogP contribution in [0.1, 0.15) is 71.9 Å². The molecule has 0 amide bonds. The number of carbonyl (C=O) groups excluding carboxylic acids is 5. The number of ketones is 5. The molecule has 0 bridgehead atoms. The molecule has 758 valence electrons. The van der Waals surface area contributed by atoms with Gasteiger partial charge in [-0.05, 0) is 201 Å². The van der Waals surface area contributed by atoms with Gasteiger partial charge in [0.15, 0.2) is 28.9 Å². The first-order valence-corrected chi connectivity index (χ1v) is 45.1. The summed E-state index contributed by atoms with van der Waals surface area (Å²) in [5, 5.41) is 46.9. The van der Waals surface area contributed by atoms with E-state index in [-0.39, 0.29) is 184 Å². The minimum Gasteiger partial charge on any atom is -0.515 e. The van der Waals surface area contributed by atoms with E-state index in [9.17, 15) is 32.8 Å². The van der Waals surface area contributed by atoms with Crippen LogP contribution in [0.4, 0.5) is 8.78 Å². The van der Waals surface area contributed by atoms with Crippen molar-refractivity contribution >= 4 is 93.6 Å². The van der Waals surface area contributed by atoms with Crippen molar-refractivity contribution in [2.45, 2.75) is 66.7 Å². The van der Waals surface area contributed by atoms with Crippen molar-refractivity contribution < 1.29 is 174 Å². The van der Waals surface area contributed by atoms with Crippen LogP contribution in [0.5, 0.6) is 0 Å². The number of aromatic nitrogens is 8. The van der Waals surface area contributed by atoms with Crippen LogP contribution in [0.15, 0.2) is 443 Å². The van der Waals surface area contributed by atoms with Crippen LogP contribution in [-0.4, -0.2) is 89.2 Å². The van der Waals surface area contributed by atoms with E-state index in [2.05, 4.69) is 149 Å². The van der Waals surface area contributed by atoms with Gasteiger partial charge in [0, 0.05) is 201 Å². The predicted octanol–water partition coefficient (Wildman–Crippen LogP) is 28.5. The molecule has 0 spiro atoms. The van der Waals surface area contributed by atoms with Gasteiger partial charge in [0.2, 0.25) is 0 Å². The Balaban J connectivity index is 0.000000251. The smallest absolute Gasteiger partial charge is 0.266 e. The quantitative estimate of drug-likeness (QED) is 0.0429. The number of halogens is 2. The molecule has 8 aromatic heterocycles. The Labute approximate surface area is 940 Å². The third kappa shape index (κ3) is 36.1. The SMILES string of the molecule is CC(=O)C1=C(O)CCCC1=O.CC(=O)C=C(C)O.CC(=O)C=C(C)O.CC(=O)C=CO.FC1(F)c2ccc[c-]c2-c2nccc3cccc1c23.[Ir].[Ir].[Ir].[Ir].[Ir].[Ir].[c-]1ccccc1-c1cc2ccccc2cn1.[c-]1ccccc1-c1ccccn1.[c-]1ccccc1-c1nccc2ccccc12.[c-]1ccccc1-c1nccc2ccccc12.[c-]1ccccc1-c1nccc2ccccc12.[c-]1cnccc1-c1nccc2ccccc12. The normalized spacial score (nSPS) is 11.3. The number of carbonyl (C=O) groups is 5. The molecule has 20 aromatic rings. The molecular formula is C123H97F2Ir6N8O9-7. The van der Waals surface area contributed by atoms with E-state index in [4.69, 9.17) is 20.4 Å². The van der Waals surface area contributed by atoms with Gasteiger partial charge in [-0.25, -0.2) is 8.78 Å². The molecule has 8 heterocycles. The third-order valence-corrected chi connectivity index (χ3v) is 21.2. The fraction of sp³-hybridized carbons (Fsp3) is 0.0813. The average Bonchev–Trinajstić information content (AvgIpc) is 0.719. The number of hydrogen-bond acceptors (Lipinski definition) is 17. The Morgan fingerprint density at radius 1 is 0.338 bits per heavy atom. The first-order valence-electron chi connectivity index (χ1n) is 45.1. The second kappa shape index (κ2) is 63.9. The molecule has 2 aliphatic rings. The second-order valence-corrected chi connectivity index (χ2v) is 31.7. The number of allylic oxidation sites excluding steroid dienone is 7. The van der Waals surface area contributed by atoms with E-state index >= 15 is 0 Å². The van der Waals surface area contributed by atoms with Crippen molar-refractivity contribution in [1.29, 1.82) is 0 Å². The number of aliphatic hydroxyl groups excluding tert-OH is 4. The zero-order chi connectivity index (χ0) is 100. The summed E-state index contributed by atoms with van der Waals surface area (Å²) in [6.07, 6.45) is 21.8. The van der Waals surface area contributed by atoms with E-state index in [0.29, 0.717) is 35.9 Å². The summed E-state index contributed by atoms with van der Waals surface area (Å²) in [5.41, 5.74) is 13.1. The summed E-state index contributed by atoms with van der Waals surface area (Å²) in [7, 11) is 0. The van der Waals surface area contributed by atoms with Crippen LogP contribution in [-0.2, 0) is 151 Å². The molecule has 6 radical (unpaired) electrons. The van der Waals surface area contributed by atoms with Gasteiger partial charge in [-0.1, -0.05) is 163 Å². The Bertz CT molecular complexity index is 7220. The van der Waals surface area contributed by atoms with E-state index in [1.54, 1.807) is 49.1 Å².